The van der Waals surface area contributed by atoms with Crippen LogP contribution in [-0.4, -0.2) is 15.5 Å². The summed E-state index contributed by atoms with van der Waals surface area (Å²) in [7, 11) is 0. The van der Waals surface area contributed by atoms with Crippen molar-refractivity contribution in [2.45, 2.75) is 39.3 Å². The van der Waals surface area contributed by atoms with Gasteiger partial charge in [0.2, 0.25) is 0 Å². The van der Waals surface area contributed by atoms with Crippen molar-refractivity contribution in [2.24, 2.45) is 5.92 Å². The summed E-state index contributed by atoms with van der Waals surface area (Å²) in [6.45, 7) is 4.70. The fourth-order valence-corrected chi connectivity index (χ4v) is 1.33. The molecular weight excluding hydrogens is 176 g/mol. The van der Waals surface area contributed by atoms with Crippen LogP contribution in [0.2, 0.25) is 0 Å². The molecule has 0 saturated carbocycles. The molecule has 0 rings (SSSR count). The van der Waals surface area contributed by atoms with E-state index in [4.69, 9.17) is 0 Å². The van der Waals surface area contributed by atoms with Gasteiger partial charge >= 0.3 is 5.66 Å². The second-order valence-electron chi connectivity index (χ2n) is 3.30. The van der Waals surface area contributed by atoms with Gasteiger partial charge in [0, 0.05) is 0 Å². The van der Waals surface area contributed by atoms with Gasteiger partial charge in [-0.1, -0.05) is 6.92 Å². The maximum absolute atomic E-state index is 10.7. The predicted octanol–water partition coefficient (Wildman–Crippen LogP) is 1.69. The molecule has 0 spiro atoms. The predicted molar refractivity (Wildman–Crippen MR) is 46.5 cm³/mol. The third kappa shape index (κ3) is 1.93. The first-order valence-electron chi connectivity index (χ1n) is 4.18. The van der Waals surface area contributed by atoms with Gasteiger partial charge in [-0.25, -0.2) is 0 Å². The van der Waals surface area contributed by atoms with Crippen LogP contribution in [-0.2, 0) is 0 Å². The van der Waals surface area contributed by atoms with Crippen molar-refractivity contribution in [3.63, 3.8) is 0 Å². The molecule has 0 aromatic rings. The van der Waals surface area contributed by atoms with Crippen molar-refractivity contribution >= 4 is 0 Å². The third-order valence-corrected chi connectivity index (χ3v) is 2.17. The lowest BCUT2D eigenvalue weighted by Crippen LogP contribution is -2.50. The second-order valence-corrected chi connectivity index (χ2v) is 3.30. The molecule has 0 aromatic carbocycles. The third-order valence-electron chi connectivity index (χ3n) is 2.17. The zero-order valence-electron chi connectivity index (χ0n) is 8.02. The highest BCUT2D eigenvalue weighted by molar-refractivity contribution is 4.70. The zero-order valence-corrected chi connectivity index (χ0v) is 8.02. The van der Waals surface area contributed by atoms with Gasteiger partial charge in [0.05, 0.1) is 22.2 Å². The number of nitro groups is 2. The lowest BCUT2D eigenvalue weighted by Gasteiger charge is -2.19. The molecule has 0 N–H and O–H groups in total. The minimum atomic E-state index is -2.01. The van der Waals surface area contributed by atoms with Crippen LogP contribution in [0.5, 0.6) is 0 Å². The van der Waals surface area contributed by atoms with E-state index in [1.165, 1.54) is 13.8 Å². The summed E-state index contributed by atoms with van der Waals surface area (Å²) in [5.41, 5.74) is -2.01. The first kappa shape index (κ1) is 11.8. The van der Waals surface area contributed by atoms with Crippen molar-refractivity contribution in [3.05, 3.63) is 20.2 Å². The van der Waals surface area contributed by atoms with E-state index in [1.54, 1.807) is 6.92 Å². The van der Waals surface area contributed by atoms with Crippen molar-refractivity contribution in [2.75, 3.05) is 0 Å². The Morgan fingerprint density at radius 1 is 1.23 bits per heavy atom. The molecule has 0 aliphatic rings. The van der Waals surface area contributed by atoms with Crippen LogP contribution in [0.4, 0.5) is 0 Å². The van der Waals surface area contributed by atoms with Gasteiger partial charge in [-0.3, -0.25) is 20.2 Å². The Morgan fingerprint density at radius 3 is 1.69 bits per heavy atom. The Labute approximate surface area is 76.2 Å². The van der Waals surface area contributed by atoms with Crippen molar-refractivity contribution in [3.8, 4) is 0 Å². The van der Waals surface area contributed by atoms with E-state index in [0.717, 1.165) is 0 Å². The van der Waals surface area contributed by atoms with Gasteiger partial charge in [0.1, 0.15) is 0 Å². The van der Waals surface area contributed by atoms with E-state index < -0.39 is 21.4 Å². The molecule has 0 saturated heterocycles. The maximum atomic E-state index is 10.7. The lowest BCUT2D eigenvalue weighted by molar-refractivity contribution is -0.806. The Morgan fingerprint density at radius 2 is 1.62 bits per heavy atom. The van der Waals surface area contributed by atoms with E-state index in [1.807, 2.05) is 0 Å². The van der Waals surface area contributed by atoms with Crippen LogP contribution in [0.1, 0.15) is 33.6 Å². The number of rotatable bonds is 5. The highest BCUT2D eigenvalue weighted by Gasteiger charge is 2.57. The molecule has 0 unspecified atom stereocenters. The molecule has 0 fully saturated rings. The Bertz CT molecular complexity index is 201. The quantitative estimate of drug-likeness (QED) is 0.375. The normalized spacial score (nSPS) is 11.7. The van der Waals surface area contributed by atoms with Crippen LogP contribution in [0.3, 0.4) is 0 Å². The van der Waals surface area contributed by atoms with Crippen molar-refractivity contribution < 1.29 is 9.85 Å². The minimum Gasteiger partial charge on any atom is -0.258 e. The Hall–Kier alpha value is -1.20. The minimum absolute atomic E-state index is 0.0231. The molecule has 76 valence electrons. The van der Waals surface area contributed by atoms with Gasteiger partial charge in [-0.2, -0.15) is 0 Å². The molecule has 13 heavy (non-hydrogen) atoms. The van der Waals surface area contributed by atoms with E-state index in [2.05, 4.69) is 0 Å². The van der Waals surface area contributed by atoms with Gasteiger partial charge in [-0.15, -0.1) is 0 Å². The summed E-state index contributed by atoms with van der Waals surface area (Å²) < 4.78 is 0. The fourth-order valence-electron chi connectivity index (χ4n) is 1.33. The molecule has 0 amide bonds. The second kappa shape index (κ2) is 4.15. The monoisotopic (exact) mass is 190 g/mol. The van der Waals surface area contributed by atoms with Crippen molar-refractivity contribution in [1.82, 2.24) is 0 Å². The molecule has 0 heterocycles. The van der Waals surface area contributed by atoms with E-state index in [-0.39, 0.29) is 6.42 Å². The van der Waals surface area contributed by atoms with E-state index in [9.17, 15) is 20.2 Å². The highest BCUT2D eigenvalue weighted by atomic mass is 16.7. The average molecular weight is 190 g/mol. The first-order valence-corrected chi connectivity index (χ1v) is 4.18. The molecule has 0 bridgehead atoms. The fraction of sp³-hybridized carbons (Fsp3) is 1.00. The van der Waals surface area contributed by atoms with Crippen LogP contribution < -0.4 is 0 Å². The molecule has 6 nitrogen and oxygen atoms in total. The van der Waals surface area contributed by atoms with Gasteiger partial charge in [0.15, 0.2) is 0 Å². The molecule has 0 aromatic heterocycles. The molecule has 0 aliphatic heterocycles. The molecule has 6 heteroatoms. The number of hydrogen-bond acceptors (Lipinski definition) is 4. The molecule has 0 radical (unpaired) electrons. The zero-order chi connectivity index (χ0) is 10.6. The summed E-state index contributed by atoms with van der Waals surface area (Å²) in [5, 5.41) is 21.3. The average Bonchev–Trinajstić information content (AvgIpc) is 1.97. The summed E-state index contributed by atoms with van der Waals surface area (Å²) in [6.07, 6.45) is 0.408. The smallest absolute Gasteiger partial charge is 0.258 e. The maximum Gasteiger partial charge on any atom is 0.460 e. The summed E-state index contributed by atoms with van der Waals surface area (Å²) in [6, 6.07) is 0. The summed E-state index contributed by atoms with van der Waals surface area (Å²) in [4.78, 5) is 19.8. The summed E-state index contributed by atoms with van der Waals surface area (Å²) >= 11 is 0. The van der Waals surface area contributed by atoms with Crippen LogP contribution in [0, 0.1) is 26.1 Å². The number of nitrogens with zero attached hydrogens (tertiary/aromatic N) is 2. The number of hydrogen-bond donors (Lipinski definition) is 0. The molecule has 0 aliphatic carbocycles. The Kier molecular flexibility index (Phi) is 3.77. The van der Waals surface area contributed by atoms with E-state index >= 15 is 0 Å². The van der Waals surface area contributed by atoms with Crippen LogP contribution in [0.15, 0.2) is 0 Å². The van der Waals surface area contributed by atoms with E-state index in [0.29, 0.717) is 6.42 Å². The first-order chi connectivity index (χ1) is 5.89. The van der Waals surface area contributed by atoms with Gasteiger partial charge in [0.25, 0.3) is 0 Å². The summed E-state index contributed by atoms with van der Waals surface area (Å²) in [5.74, 6) is -0.600. The van der Waals surface area contributed by atoms with Gasteiger partial charge in [-0.05, 0) is 20.3 Å². The topological polar surface area (TPSA) is 86.3 Å². The molecular formula is C7H14N2O4. The highest BCUT2D eigenvalue weighted by Crippen LogP contribution is 2.27. The lowest BCUT2D eigenvalue weighted by atomic mass is 9.92. The SMILES string of the molecule is CCCC(C(C)C)([N+](=O)[O-])[N+](=O)[O-]. The standard InChI is InChI=1S/C7H14N2O4/c1-4-5-7(6(2)3,8(10)11)9(12)13/h6H,4-5H2,1-3H3. The van der Waals surface area contributed by atoms with Crippen molar-refractivity contribution in [1.29, 1.82) is 0 Å². The molecule has 0 atom stereocenters. The largest absolute Gasteiger partial charge is 0.460 e. The Balaban J connectivity index is 5.05. The van der Waals surface area contributed by atoms with Crippen LogP contribution >= 0.6 is 0 Å². The van der Waals surface area contributed by atoms with Gasteiger partial charge < -0.3 is 0 Å². The van der Waals surface area contributed by atoms with Crippen LogP contribution in [0.25, 0.3) is 0 Å².